The van der Waals surface area contributed by atoms with Crippen molar-refractivity contribution in [2.45, 2.75) is 19.5 Å². The third-order valence-electron chi connectivity index (χ3n) is 3.24. The van der Waals surface area contributed by atoms with Gasteiger partial charge >= 0.3 is 0 Å². The summed E-state index contributed by atoms with van der Waals surface area (Å²) in [5.41, 5.74) is 1.73. The first-order chi connectivity index (χ1) is 10.2. The van der Waals surface area contributed by atoms with Crippen LogP contribution in [0.4, 0.5) is 4.39 Å². The number of halogens is 1. The van der Waals surface area contributed by atoms with Crippen LogP contribution >= 0.6 is 0 Å². The normalized spacial score (nSPS) is 11.7. The summed E-state index contributed by atoms with van der Waals surface area (Å²) in [6.07, 6.45) is 0. The van der Waals surface area contributed by atoms with Crippen LogP contribution in [0.15, 0.2) is 48.5 Å². The smallest absolute Gasteiger partial charge is 0.174 e. The number of nitrogens with one attached hydrogen (secondary N) is 1. The summed E-state index contributed by atoms with van der Waals surface area (Å²) >= 11 is 0. The summed E-state index contributed by atoms with van der Waals surface area (Å²) in [5, 5.41) is 11.7. The van der Waals surface area contributed by atoms with Crippen molar-refractivity contribution >= 4 is 0 Å². The summed E-state index contributed by atoms with van der Waals surface area (Å²) in [6, 6.07) is 16.3. The molecule has 108 valence electrons. The Hall–Kier alpha value is -2.38. The average Bonchev–Trinajstić information content (AvgIpc) is 2.52. The van der Waals surface area contributed by atoms with Gasteiger partial charge in [0.05, 0.1) is 0 Å². The lowest BCUT2D eigenvalue weighted by Gasteiger charge is -2.15. The molecule has 2 rings (SSSR count). The van der Waals surface area contributed by atoms with E-state index in [0.29, 0.717) is 17.9 Å². The number of benzene rings is 2. The highest BCUT2D eigenvalue weighted by Gasteiger charge is 2.07. The standard InChI is InChI=1S/C17H17FN2O/c1-13(20-12-15-4-2-3-5-17(15)18)14-6-8-16(9-7-14)21-11-10-19/h2-9,13,20H,11-12H2,1H3. The fraction of sp³-hybridized carbons (Fsp3) is 0.235. The molecule has 1 atom stereocenters. The van der Waals surface area contributed by atoms with Crippen molar-refractivity contribution in [1.82, 2.24) is 5.32 Å². The van der Waals surface area contributed by atoms with E-state index in [1.54, 1.807) is 12.1 Å². The number of hydrogen-bond acceptors (Lipinski definition) is 3. The molecule has 0 radical (unpaired) electrons. The van der Waals surface area contributed by atoms with E-state index < -0.39 is 0 Å². The Bertz CT molecular complexity index is 619. The van der Waals surface area contributed by atoms with Crippen LogP contribution in [-0.4, -0.2) is 6.61 Å². The van der Waals surface area contributed by atoms with Crippen LogP contribution in [0.25, 0.3) is 0 Å². The number of rotatable bonds is 6. The van der Waals surface area contributed by atoms with E-state index >= 15 is 0 Å². The highest BCUT2D eigenvalue weighted by Crippen LogP contribution is 2.18. The van der Waals surface area contributed by atoms with Gasteiger partial charge in [0.1, 0.15) is 17.6 Å². The number of ether oxygens (including phenoxy) is 1. The van der Waals surface area contributed by atoms with Gasteiger partial charge < -0.3 is 10.1 Å². The number of nitriles is 1. The summed E-state index contributed by atoms with van der Waals surface area (Å²) in [6.45, 7) is 2.53. The maximum absolute atomic E-state index is 13.5. The molecule has 0 amide bonds. The van der Waals surface area contributed by atoms with E-state index in [9.17, 15) is 4.39 Å². The first-order valence-corrected chi connectivity index (χ1v) is 6.77. The molecule has 1 unspecified atom stereocenters. The molecule has 0 spiro atoms. The van der Waals surface area contributed by atoms with Crippen LogP contribution in [0.3, 0.4) is 0 Å². The third-order valence-corrected chi connectivity index (χ3v) is 3.24. The Balaban J connectivity index is 1.93. The van der Waals surface area contributed by atoms with Crippen LogP contribution < -0.4 is 10.1 Å². The molecule has 0 bridgehead atoms. The van der Waals surface area contributed by atoms with Gasteiger partial charge in [0, 0.05) is 18.2 Å². The van der Waals surface area contributed by atoms with Gasteiger partial charge in [0.15, 0.2) is 6.61 Å². The topological polar surface area (TPSA) is 45.0 Å². The molecule has 21 heavy (non-hydrogen) atoms. The molecule has 0 saturated carbocycles. The molecular weight excluding hydrogens is 267 g/mol. The van der Waals surface area contributed by atoms with Gasteiger partial charge in [-0.2, -0.15) is 5.26 Å². The summed E-state index contributed by atoms with van der Waals surface area (Å²) in [4.78, 5) is 0. The van der Waals surface area contributed by atoms with Crippen molar-refractivity contribution in [3.8, 4) is 11.8 Å². The first kappa shape index (κ1) is 15.0. The second kappa shape index (κ2) is 7.41. The highest BCUT2D eigenvalue weighted by molar-refractivity contribution is 5.29. The van der Waals surface area contributed by atoms with Crippen molar-refractivity contribution in [1.29, 1.82) is 5.26 Å². The zero-order valence-electron chi connectivity index (χ0n) is 11.8. The predicted octanol–water partition coefficient (Wildman–Crippen LogP) is 3.58. The minimum atomic E-state index is -0.197. The number of nitrogens with zero attached hydrogens (tertiary/aromatic N) is 1. The molecule has 0 saturated heterocycles. The molecule has 0 aliphatic carbocycles. The Labute approximate surface area is 124 Å². The van der Waals surface area contributed by atoms with Crippen molar-refractivity contribution in [2.24, 2.45) is 0 Å². The SMILES string of the molecule is CC(NCc1ccccc1F)c1ccc(OCC#N)cc1. The maximum Gasteiger partial charge on any atom is 0.174 e. The fourth-order valence-corrected chi connectivity index (χ4v) is 1.99. The minimum Gasteiger partial charge on any atom is -0.479 e. The zero-order valence-corrected chi connectivity index (χ0v) is 11.8. The number of hydrogen-bond donors (Lipinski definition) is 1. The van der Waals surface area contributed by atoms with Gasteiger partial charge in [-0.05, 0) is 30.7 Å². The molecule has 0 aromatic heterocycles. The van der Waals surface area contributed by atoms with Gasteiger partial charge in [0.2, 0.25) is 0 Å². The van der Waals surface area contributed by atoms with E-state index in [0.717, 1.165) is 5.56 Å². The molecule has 1 N–H and O–H groups in total. The summed E-state index contributed by atoms with van der Waals surface area (Å²) in [5.74, 6) is 0.471. The molecule has 2 aromatic carbocycles. The molecule has 0 fully saturated rings. The highest BCUT2D eigenvalue weighted by atomic mass is 19.1. The molecule has 2 aromatic rings. The second-order valence-corrected chi connectivity index (χ2v) is 4.71. The van der Waals surface area contributed by atoms with E-state index in [2.05, 4.69) is 5.32 Å². The van der Waals surface area contributed by atoms with E-state index in [-0.39, 0.29) is 18.5 Å². The van der Waals surface area contributed by atoms with Crippen molar-refractivity contribution in [3.63, 3.8) is 0 Å². The lowest BCUT2D eigenvalue weighted by atomic mass is 10.1. The van der Waals surface area contributed by atoms with Gasteiger partial charge in [-0.25, -0.2) is 4.39 Å². The molecule has 0 aliphatic rings. The van der Waals surface area contributed by atoms with Gasteiger partial charge in [-0.1, -0.05) is 30.3 Å². The van der Waals surface area contributed by atoms with Crippen molar-refractivity contribution in [2.75, 3.05) is 6.61 Å². The third kappa shape index (κ3) is 4.30. The monoisotopic (exact) mass is 284 g/mol. The first-order valence-electron chi connectivity index (χ1n) is 6.77. The Kier molecular flexibility index (Phi) is 5.30. The summed E-state index contributed by atoms with van der Waals surface area (Å²) < 4.78 is 18.7. The van der Waals surface area contributed by atoms with Crippen LogP contribution in [0.2, 0.25) is 0 Å². The fourth-order valence-electron chi connectivity index (χ4n) is 1.99. The molecule has 4 heteroatoms. The van der Waals surface area contributed by atoms with Crippen LogP contribution in [0.5, 0.6) is 5.75 Å². The van der Waals surface area contributed by atoms with Crippen molar-refractivity contribution in [3.05, 3.63) is 65.5 Å². The molecule has 0 aliphatic heterocycles. The summed E-state index contributed by atoms with van der Waals surface area (Å²) in [7, 11) is 0. The lowest BCUT2D eigenvalue weighted by Crippen LogP contribution is -2.18. The zero-order chi connectivity index (χ0) is 15.1. The molecular formula is C17H17FN2O. The molecule has 0 heterocycles. The Morgan fingerprint density at radius 3 is 2.57 bits per heavy atom. The van der Waals surface area contributed by atoms with Crippen LogP contribution in [0.1, 0.15) is 24.1 Å². The van der Waals surface area contributed by atoms with E-state index in [1.807, 2.05) is 43.3 Å². The van der Waals surface area contributed by atoms with Crippen LogP contribution in [-0.2, 0) is 6.54 Å². The second-order valence-electron chi connectivity index (χ2n) is 4.71. The van der Waals surface area contributed by atoms with Gasteiger partial charge in [0.25, 0.3) is 0 Å². The van der Waals surface area contributed by atoms with E-state index in [1.165, 1.54) is 6.07 Å². The predicted molar refractivity (Wildman–Crippen MR) is 79.2 cm³/mol. The van der Waals surface area contributed by atoms with Crippen molar-refractivity contribution < 1.29 is 9.13 Å². The Morgan fingerprint density at radius 2 is 1.90 bits per heavy atom. The maximum atomic E-state index is 13.5. The largest absolute Gasteiger partial charge is 0.479 e. The lowest BCUT2D eigenvalue weighted by molar-refractivity contribution is 0.368. The van der Waals surface area contributed by atoms with Crippen LogP contribution in [0, 0.1) is 17.1 Å². The van der Waals surface area contributed by atoms with E-state index in [4.69, 9.17) is 10.00 Å². The average molecular weight is 284 g/mol. The Morgan fingerprint density at radius 1 is 1.19 bits per heavy atom. The quantitative estimate of drug-likeness (QED) is 0.882. The van der Waals surface area contributed by atoms with Gasteiger partial charge in [-0.3, -0.25) is 0 Å². The van der Waals surface area contributed by atoms with Gasteiger partial charge in [-0.15, -0.1) is 0 Å². The molecule has 3 nitrogen and oxygen atoms in total. The minimum absolute atomic E-state index is 0.0421.